The van der Waals surface area contributed by atoms with Gasteiger partial charge in [-0.05, 0) is 31.9 Å². The van der Waals surface area contributed by atoms with Crippen LogP contribution >= 0.6 is 0 Å². The van der Waals surface area contributed by atoms with E-state index in [4.69, 9.17) is 10.7 Å². The van der Waals surface area contributed by atoms with Gasteiger partial charge in [-0.3, -0.25) is 0 Å². The van der Waals surface area contributed by atoms with Crippen LogP contribution in [0.1, 0.15) is 19.8 Å². The quantitative estimate of drug-likeness (QED) is 0.878. The van der Waals surface area contributed by atoms with Gasteiger partial charge in [-0.15, -0.1) is 0 Å². The van der Waals surface area contributed by atoms with Crippen molar-refractivity contribution in [3.63, 3.8) is 0 Å². The van der Waals surface area contributed by atoms with Gasteiger partial charge in [0.2, 0.25) is 5.95 Å². The summed E-state index contributed by atoms with van der Waals surface area (Å²) < 4.78 is 2.29. The standard InChI is InChI=1S/C14H20N4/c1-2-18-13-8-4-3-7-12(13)16-14(18)17-9-5-6-11(15)10-17/h3-4,7-8,11H,2,5-6,9-10,15H2,1H3. The lowest BCUT2D eigenvalue weighted by molar-refractivity contribution is 0.494. The number of nitrogens with zero attached hydrogens (tertiary/aromatic N) is 3. The first-order valence-corrected chi connectivity index (χ1v) is 6.75. The van der Waals surface area contributed by atoms with Crippen LogP contribution in [0, 0.1) is 0 Å². The van der Waals surface area contributed by atoms with Crippen LogP contribution < -0.4 is 10.6 Å². The van der Waals surface area contributed by atoms with Crippen LogP contribution in [0.3, 0.4) is 0 Å². The van der Waals surface area contributed by atoms with E-state index in [1.54, 1.807) is 0 Å². The zero-order valence-electron chi connectivity index (χ0n) is 10.8. The smallest absolute Gasteiger partial charge is 0.206 e. The predicted molar refractivity (Wildman–Crippen MR) is 74.8 cm³/mol. The first-order valence-electron chi connectivity index (χ1n) is 6.75. The van der Waals surface area contributed by atoms with E-state index in [0.29, 0.717) is 0 Å². The van der Waals surface area contributed by atoms with E-state index in [2.05, 4.69) is 34.6 Å². The fraction of sp³-hybridized carbons (Fsp3) is 0.500. The maximum absolute atomic E-state index is 6.07. The Bertz CT molecular complexity index is 546. The summed E-state index contributed by atoms with van der Waals surface area (Å²) in [6.07, 6.45) is 2.29. The molecule has 0 spiro atoms. The highest BCUT2D eigenvalue weighted by Crippen LogP contribution is 2.24. The van der Waals surface area contributed by atoms with Crippen molar-refractivity contribution in [3.8, 4) is 0 Å². The molecule has 2 N–H and O–H groups in total. The number of hydrogen-bond donors (Lipinski definition) is 1. The van der Waals surface area contributed by atoms with Gasteiger partial charge in [0.25, 0.3) is 0 Å². The minimum Gasteiger partial charge on any atom is -0.341 e. The van der Waals surface area contributed by atoms with Gasteiger partial charge in [0.15, 0.2) is 0 Å². The molecule has 0 aliphatic carbocycles. The summed E-state index contributed by atoms with van der Waals surface area (Å²) in [7, 11) is 0. The maximum Gasteiger partial charge on any atom is 0.206 e. The minimum absolute atomic E-state index is 0.281. The first kappa shape index (κ1) is 11.5. The van der Waals surface area contributed by atoms with Crippen LogP contribution in [0.4, 0.5) is 5.95 Å². The Hall–Kier alpha value is -1.55. The fourth-order valence-corrected chi connectivity index (χ4v) is 2.81. The number of imidazole rings is 1. The molecule has 18 heavy (non-hydrogen) atoms. The third-order valence-corrected chi connectivity index (χ3v) is 3.69. The Morgan fingerprint density at radius 2 is 2.22 bits per heavy atom. The summed E-state index contributed by atoms with van der Waals surface area (Å²) in [5.74, 6) is 1.08. The molecule has 1 aromatic heterocycles. The third-order valence-electron chi connectivity index (χ3n) is 3.69. The molecule has 3 rings (SSSR count). The second-order valence-electron chi connectivity index (χ2n) is 4.99. The Labute approximate surface area is 107 Å². The highest BCUT2D eigenvalue weighted by atomic mass is 15.3. The van der Waals surface area contributed by atoms with Crippen LogP contribution in [0.5, 0.6) is 0 Å². The van der Waals surface area contributed by atoms with E-state index in [1.165, 1.54) is 5.52 Å². The predicted octanol–water partition coefficient (Wildman–Crippen LogP) is 1.98. The number of hydrogen-bond acceptors (Lipinski definition) is 3. The molecule has 1 aliphatic rings. The SMILES string of the molecule is CCn1c(N2CCCC(N)C2)nc2ccccc21. The molecule has 0 amide bonds. The van der Waals surface area contributed by atoms with Crippen molar-refractivity contribution in [1.82, 2.24) is 9.55 Å². The topological polar surface area (TPSA) is 47.1 Å². The second-order valence-corrected chi connectivity index (χ2v) is 4.99. The van der Waals surface area contributed by atoms with E-state index < -0.39 is 0 Å². The van der Waals surface area contributed by atoms with Crippen LogP contribution in [0.15, 0.2) is 24.3 Å². The monoisotopic (exact) mass is 244 g/mol. The molecule has 1 unspecified atom stereocenters. The molecule has 2 aromatic rings. The lowest BCUT2D eigenvalue weighted by Crippen LogP contribution is -2.43. The van der Waals surface area contributed by atoms with Gasteiger partial charge in [-0.2, -0.15) is 0 Å². The number of anilines is 1. The minimum atomic E-state index is 0.281. The molecule has 4 nitrogen and oxygen atoms in total. The van der Waals surface area contributed by atoms with Crippen molar-refractivity contribution in [1.29, 1.82) is 0 Å². The molecule has 1 atom stereocenters. The highest BCUT2D eigenvalue weighted by molar-refractivity contribution is 5.78. The van der Waals surface area contributed by atoms with E-state index in [1.807, 2.05) is 6.07 Å². The van der Waals surface area contributed by atoms with Crippen molar-refractivity contribution >= 4 is 17.0 Å². The van der Waals surface area contributed by atoms with Crippen molar-refractivity contribution in [2.75, 3.05) is 18.0 Å². The van der Waals surface area contributed by atoms with Gasteiger partial charge in [0, 0.05) is 25.7 Å². The van der Waals surface area contributed by atoms with Crippen LogP contribution in [0.25, 0.3) is 11.0 Å². The van der Waals surface area contributed by atoms with Gasteiger partial charge >= 0.3 is 0 Å². The molecule has 1 aromatic carbocycles. The second kappa shape index (κ2) is 4.61. The molecule has 96 valence electrons. The largest absolute Gasteiger partial charge is 0.341 e. The number of nitrogens with two attached hydrogens (primary N) is 1. The zero-order valence-corrected chi connectivity index (χ0v) is 10.8. The zero-order chi connectivity index (χ0) is 12.5. The molecular weight excluding hydrogens is 224 g/mol. The number of aryl methyl sites for hydroxylation is 1. The van der Waals surface area contributed by atoms with E-state index in [0.717, 1.165) is 43.9 Å². The average Bonchev–Trinajstić information content (AvgIpc) is 2.77. The molecule has 0 radical (unpaired) electrons. The molecule has 1 aliphatic heterocycles. The lowest BCUT2D eigenvalue weighted by Gasteiger charge is -2.31. The summed E-state index contributed by atoms with van der Waals surface area (Å²) in [5, 5.41) is 0. The maximum atomic E-state index is 6.07. The van der Waals surface area contributed by atoms with Crippen molar-refractivity contribution in [2.24, 2.45) is 5.73 Å². The van der Waals surface area contributed by atoms with Gasteiger partial charge in [-0.25, -0.2) is 4.98 Å². The molecule has 0 bridgehead atoms. The summed E-state index contributed by atoms with van der Waals surface area (Å²) in [6, 6.07) is 8.61. The molecular formula is C14H20N4. The average molecular weight is 244 g/mol. The number of para-hydroxylation sites is 2. The fourth-order valence-electron chi connectivity index (χ4n) is 2.81. The Balaban J connectivity index is 2.05. The number of piperidine rings is 1. The summed E-state index contributed by atoms with van der Waals surface area (Å²) in [6.45, 7) is 5.10. The van der Waals surface area contributed by atoms with Crippen LogP contribution in [-0.2, 0) is 6.54 Å². The van der Waals surface area contributed by atoms with Crippen LogP contribution in [-0.4, -0.2) is 28.7 Å². The Morgan fingerprint density at radius 3 is 3.00 bits per heavy atom. The molecule has 1 saturated heterocycles. The van der Waals surface area contributed by atoms with Gasteiger partial charge in [-0.1, -0.05) is 12.1 Å². The molecule has 4 heteroatoms. The van der Waals surface area contributed by atoms with Gasteiger partial charge in [0.1, 0.15) is 0 Å². The number of aromatic nitrogens is 2. The van der Waals surface area contributed by atoms with Crippen molar-refractivity contribution < 1.29 is 0 Å². The number of rotatable bonds is 2. The Morgan fingerprint density at radius 1 is 1.39 bits per heavy atom. The third kappa shape index (κ3) is 1.86. The summed E-state index contributed by atoms with van der Waals surface area (Å²) >= 11 is 0. The highest BCUT2D eigenvalue weighted by Gasteiger charge is 2.21. The van der Waals surface area contributed by atoms with Crippen molar-refractivity contribution in [2.45, 2.75) is 32.4 Å². The molecule has 1 fully saturated rings. The molecule has 2 heterocycles. The Kier molecular flexibility index (Phi) is 2.96. The summed E-state index contributed by atoms with van der Waals surface area (Å²) in [4.78, 5) is 7.11. The number of fused-ring (bicyclic) bond motifs is 1. The van der Waals surface area contributed by atoms with Crippen molar-refractivity contribution in [3.05, 3.63) is 24.3 Å². The number of benzene rings is 1. The normalized spacial score (nSPS) is 20.6. The van der Waals surface area contributed by atoms with E-state index in [9.17, 15) is 0 Å². The van der Waals surface area contributed by atoms with E-state index in [-0.39, 0.29) is 6.04 Å². The molecule has 0 saturated carbocycles. The first-order chi connectivity index (χ1) is 8.79. The van der Waals surface area contributed by atoms with Gasteiger partial charge < -0.3 is 15.2 Å². The van der Waals surface area contributed by atoms with Crippen LogP contribution in [0.2, 0.25) is 0 Å². The summed E-state index contributed by atoms with van der Waals surface area (Å²) in [5.41, 5.74) is 8.36. The van der Waals surface area contributed by atoms with Gasteiger partial charge in [0.05, 0.1) is 11.0 Å². The lowest BCUT2D eigenvalue weighted by atomic mass is 10.1. The van der Waals surface area contributed by atoms with E-state index >= 15 is 0 Å².